The van der Waals surface area contributed by atoms with Gasteiger partial charge in [0, 0.05) is 5.56 Å². The van der Waals surface area contributed by atoms with E-state index in [1.807, 2.05) is 0 Å². The number of pyridine rings is 1. The number of carbonyl (C=O) groups is 2. The molecule has 1 aromatic heterocycles. The van der Waals surface area contributed by atoms with Crippen LogP contribution in [0.3, 0.4) is 0 Å². The smallest absolute Gasteiger partial charge is 0.261 e. The molecule has 1 amide bonds. The van der Waals surface area contributed by atoms with Crippen LogP contribution in [-0.2, 0) is 0 Å². The van der Waals surface area contributed by atoms with Crippen LogP contribution in [0.1, 0.15) is 20.7 Å². The van der Waals surface area contributed by atoms with Crippen molar-refractivity contribution in [1.82, 2.24) is 10.3 Å². The minimum absolute atomic E-state index is 0.189. The van der Waals surface area contributed by atoms with Crippen LogP contribution in [-0.4, -0.2) is 23.2 Å². The number of benzene rings is 2. The fourth-order valence-electron chi connectivity index (χ4n) is 2.34. The van der Waals surface area contributed by atoms with E-state index < -0.39 is 28.9 Å². The maximum absolute atomic E-state index is 13.2. The number of nitrogens with one attached hydrogen (secondary N) is 2. The van der Waals surface area contributed by atoms with Crippen LogP contribution in [0, 0.1) is 11.6 Å². The summed E-state index contributed by atoms with van der Waals surface area (Å²) in [5.41, 5.74) is -0.371. The molecule has 2 aromatic carbocycles. The lowest BCUT2D eigenvalue weighted by Gasteiger charge is -2.06. The molecule has 0 aliphatic carbocycles. The van der Waals surface area contributed by atoms with Gasteiger partial charge in [0.05, 0.1) is 12.1 Å². The third kappa shape index (κ3) is 3.60. The molecule has 126 valence electrons. The summed E-state index contributed by atoms with van der Waals surface area (Å²) in [6, 6.07) is 10.0. The molecule has 0 fully saturated rings. The van der Waals surface area contributed by atoms with Crippen LogP contribution in [0.2, 0.25) is 0 Å². The molecule has 0 aliphatic heterocycles. The summed E-state index contributed by atoms with van der Waals surface area (Å²) in [5, 5.41) is 2.83. The fraction of sp³-hybridized carbons (Fsp3) is 0.0556. The first-order valence-electron chi connectivity index (χ1n) is 7.33. The van der Waals surface area contributed by atoms with Gasteiger partial charge in [0.1, 0.15) is 17.2 Å². The first-order chi connectivity index (χ1) is 11.9. The van der Waals surface area contributed by atoms with E-state index in [0.717, 1.165) is 18.2 Å². The number of amides is 1. The lowest BCUT2D eigenvalue weighted by Crippen LogP contribution is -2.33. The number of rotatable bonds is 4. The van der Waals surface area contributed by atoms with Crippen molar-refractivity contribution in [2.45, 2.75) is 0 Å². The van der Waals surface area contributed by atoms with Gasteiger partial charge in [-0.15, -0.1) is 0 Å². The molecule has 0 saturated carbocycles. The van der Waals surface area contributed by atoms with E-state index in [4.69, 9.17) is 0 Å². The minimum atomic E-state index is -0.733. The lowest BCUT2D eigenvalue weighted by molar-refractivity contribution is 0.0903. The highest BCUT2D eigenvalue weighted by atomic mass is 19.1. The Labute approximate surface area is 140 Å². The summed E-state index contributed by atoms with van der Waals surface area (Å²) >= 11 is 0. The normalized spacial score (nSPS) is 10.6. The molecule has 0 unspecified atom stereocenters. The molecule has 0 atom stereocenters. The predicted molar refractivity (Wildman–Crippen MR) is 87.6 cm³/mol. The van der Waals surface area contributed by atoms with Crippen LogP contribution >= 0.6 is 0 Å². The average molecular weight is 342 g/mol. The SMILES string of the molecule is O=C(CNC(=O)c1cc2ccc(F)cc2[nH]c1=O)c1ccc(F)cc1. The molecule has 3 rings (SSSR count). The number of aromatic nitrogens is 1. The van der Waals surface area contributed by atoms with Crippen molar-refractivity contribution >= 4 is 22.6 Å². The number of halogens is 2. The molecule has 0 aliphatic rings. The average Bonchev–Trinajstić information content (AvgIpc) is 2.59. The number of Topliss-reactive ketones (excluding diaryl/α,β-unsaturated/α-hetero) is 1. The molecule has 3 aromatic rings. The number of ketones is 1. The van der Waals surface area contributed by atoms with E-state index in [1.54, 1.807) is 0 Å². The Hall–Kier alpha value is -3.35. The van der Waals surface area contributed by atoms with Gasteiger partial charge in [-0.05, 0) is 53.9 Å². The second-order valence-corrected chi connectivity index (χ2v) is 5.36. The van der Waals surface area contributed by atoms with E-state index in [9.17, 15) is 23.2 Å². The van der Waals surface area contributed by atoms with Gasteiger partial charge in [-0.25, -0.2) is 8.78 Å². The highest BCUT2D eigenvalue weighted by Gasteiger charge is 2.14. The van der Waals surface area contributed by atoms with Crippen LogP contribution in [0.5, 0.6) is 0 Å². The number of hydrogen-bond acceptors (Lipinski definition) is 3. The first kappa shape index (κ1) is 16.5. The quantitative estimate of drug-likeness (QED) is 0.715. The summed E-state index contributed by atoms with van der Waals surface area (Å²) < 4.78 is 26.0. The van der Waals surface area contributed by atoms with Crippen LogP contribution in [0.4, 0.5) is 8.78 Å². The molecule has 2 N–H and O–H groups in total. The Morgan fingerprint density at radius 1 is 0.960 bits per heavy atom. The van der Waals surface area contributed by atoms with Gasteiger partial charge in [0.2, 0.25) is 0 Å². The molecule has 0 spiro atoms. The van der Waals surface area contributed by atoms with Gasteiger partial charge in [0.25, 0.3) is 11.5 Å². The Morgan fingerprint density at radius 3 is 2.36 bits per heavy atom. The molecule has 1 heterocycles. The summed E-state index contributed by atoms with van der Waals surface area (Å²) in [6.45, 7) is -0.342. The molecule has 0 radical (unpaired) electrons. The highest BCUT2D eigenvalue weighted by molar-refractivity contribution is 6.03. The Kier molecular flexibility index (Phi) is 4.38. The second kappa shape index (κ2) is 6.64. The van der Waals surface area contributed by atoms with Crippen molar-refractivity contribution in [1.29, 1.82) is 0 Å². The van der Waals surface area contributed by atoms with Crippen molar-refractivity contribution < 1.29 is 18.4 Å². The number of H-pyrrole nitrogens is 1. The Morgan fingerprint density at radius 2 is 1.64 bits per heavy atom. The van der Waals surface area contributed by atoms with Crippen molar-refractivity contribution in [2.75, 3.05) is 6.54 Å². The molecular weight excluding hydrogens is 330 g/mol. The van der Waals surface area contributed by atoms with E-state index in [0.29, 0.717) is 5.39 Å². The lowest BCUT2D eigenvalue weighted by atomic mass is 10.1. The third-order valence-electron chi connectivity index (χ3n) is 3.63. The summed E-state index contributed by atoms with van der Waals surface area (Å²) in [4.78, 5) is 38.5. The van der Waals surface area contributed by atoms with Gasteiger partial charge in [-0.1, -0.05) is 0 Å². The summed E-state index contributed by atoms with van der Waals surface area (Å²) in [5.74, 6) is -2.14. The molecule has 5 nitrogen and oxygen atoms in total. The number of fused-ring (bicyclic) bond motifs is 1. The van der Waals surface area contributed by atoms with E-state index in [2.05, 4.69) is 10.3 Å². The summed E-state index contributed by atoms with van der Waals surface area (Å²) in [6.07, 6.45) is 0. The van der Waals surface area contributed by atoms with E-state index >= 15 is 0 Å². The maximum atomic E-state index is 13.2. The molecule has 0 saturated heterocycles. The predicted octanol–water partition coefficient (Wildman–Crippen LogP) is 2.42. The maximum Gasteiger partial charge on any atom is 0.261 e. The van der Waals surface area contributed by atoms with E-state index in [-0.39, 0.29) is 23.2 Å². The Bertz CT molecular complexity index is 1030. The number of hydrogen-bond donors (Lipinski definition) is 2. The molecule has 0 bridgehead atoms. The standard InChI is InChI=1S/C18H12F2N2O3/c19-12-4-1-10(2-5-12)16(23)9-21-17(24)14-7-11-3-6-13(20)8-15(11)22-18(14)25/h1-8H,9H2,(H,21,24)(H,22,25). The largest absolute Gasteiger partial charge is 0.344 e. The molecule has 25 heavy (non-hydrogen) atoms. The Balaban J connectivity index is 1.77. The fourth-order valence-corrected chi connectivity index (χ4v) is 2.34. The van der Waals surface area contributed by atoms with Crippen LogP contribution in [0.15, 0.2) is 53.3 Å². The van der Waals surface area contributed by atoms with Crippen LogP contribution in [0.25, 0.3) is 10.9 Å². The van der Waals surface area contributed by atoms with Crippen molar-refractivity contribution in [2.24, 2.45) is 0 Å². The third-order valence-corrected chi connectivity index (χ3v) is 3.63. The zero-order valence-corrected chi connectivity index (χ0v) is 12.8. The topological polar surface area (TPSA) is 79.0 Å². The molecule has 7 heteroatoms. The second-order valence-electron chi connectivity index (χ2n) is 5.36. The van der Waals surface area contributed by atoms with Gasteiger partial charge < -0.3 is 10.3 Å². The van der Waals surface area contributed by atoms with Gasteiger partial charge in [0.15, 0.2) is 5.78 Å². The van der Waals surface area contributed by atoms with Crippen molar-refractivity contribution in [3.05, 3.63) is 81.6 Å². The van der Waals surface area contributed by atoms with Gasteiger partial charge in [-0.2, -0.15) is 0 Å². The van der Waals surface area contributed by atoms with Gasteiger partial charge >= 0.3 is 0 Å². The monoisotopic (exact) mass is 342 g/mol. The van der Waals surface area contributed by atoms with Crippen molar-refractivity contribution in [3.8, 4) is 0 Å². The number of carbonyl (C=O) groups excluding carboxylic acids is 2. The molecular formula is C18H12F2N2O3. The zero-order chi connectivity index (χ0) is 18.0. The number of aromatic amines is 1. The minimum Gasteiger partial charge on any atom is -0.344 e. The van der Waals surface area contributed by atoms with Gasteiger partial charge in [-0.3, -0.25) is 14.4 Å². The van der Waals surface area contributed by atoms with Crippen LogP contribution < -0.4 is 10.9 Å². The highest BCUT2D eigenvalue weighted by Crippen LogP contribution is 2.12. The van der Waals surface area contributed by atoms with E-state index in [1.165, 1.54) is 30.3 Å². The zero-order valence-electron chi connectivity index (χ0n) is 12.8. The van der Waals surface area contributed by atoms with Crippen molar-refractivity contribution in [3.63, 3.8) is 0 Å². The summed E-state index contributed by atoms with van der Waals surface area (Å²) in [7, 11) is 0. The first-order valence-corrected chi connectivity index (χ1v) is 7.33.